The maximum absolute atomic E-state index is 13.3. The highest BCUT2D eigenvalue weighted by Crippen LogP contribution is 2.41. The molecule has 5 aliphatic heterocycles. The molecular weight excluding hydrogens is 1890 g/mol. The number of rotatable bonds is 18. The second-order valence-electron chi connectivity index (χ2n) is 35.5. The van der Waals surface area contributed by atoms with Crippen molar-refractivity contribution in [1.29, 1.82) is 0 Å². The van der Waals surface area contributed by atoms with Gasteiger partial charge in [-0.15, -0.1) is 13.2 Å². The lowest BCUT2D eigenvalue weighted by molar-refractivity contribution is -0.274. The van der Waals surface area contributed by atoms with E-state index in [0.717, 1.165) is 203 Å². The van der Waals surface area contributed by atoms with Crippen molar-refractivity contribution in [1.82, 2.24) is 58.1 Å². The second kappa shape index (κ2) is 43.3. The summed E-state index contributed by atoms with van der Waals surface area (Å²) in [6, 6.07) is 86.5. The zero-order valence-corrected chi connectivity index (χ0v) is 80.3. The van der Waals surface area contributed by atoms with Gasteiger partial charge in [-0.2, -0.15) is 26.3 Å². The van der Waals surface area contributed by atoms with E-state index >= 15 is 0 Å². The molecule has 0 bridgehead atoms. The lowest BCUT2D eigenvalue weighted by Gasteiger charge is -2.25. The molecule has 146 heavy (non-hydrogen) atoms. The van der Waals surface area contributed by atoms with Crippen molar-refractivity contribution in [2.45, 2.75) is 115 Å². The number of ether oxygens (including phenoxy) is 3. The fourth-order valence-corrected chi connectivity index (χ4v) is 18.0. The molecule has 9 heterocycles. The van der Waals surface area contributed by atoms with Crippen molar-refractivity contribution in [3.8, 4) is 74.1 Å². The molecule has 4 N–H and O–H groups in total. The summed E-state index contributed by atoms with van der Waals surface area (Å²) in [5.41, 5.74) is 20.7. The van der Waals surface area contributed by atoms with Gasteiger partial charge in [0.1, 0.15) is 5.75 Å². The van der Waals surface area contributed by atoms with Crippen molar-refractivity contribution >= 4 is 101 Å². The van der Waals surface area contributed by atoms with E-state index in [2.05, 4.69) is 82.6 Å². The zero-order chi connectivity index (χ0) is 101. The van der Waals surface area contributed by atoms with Crippen LogP contribution < -0.4 is 47.4 Å². The number of pyridine rings is 4. The minimum Gasteiger partial charge on any atom is -0.406 e. The average Bonchev–Trinajstić information content (AvgIpc) is 0.754. The van der Waals surface area contributed by atoms with Gasteiger partial charge in [-0.3, -0.25) is 39.9 Å². The topological polar surface area (TPSA) is 248 Å². The molecule has 5 aliphatic carbocycles. The Balaban J connectivity index is 0.000000123. The van der Waals surface area contributed by atoms with E-state index in [1.54, 1.807) is 68.8 Å². The first kappa shape index (κ1) is 98.2. The second-order valence-corrected chi connectivity index (χ2v) is 35.9. The van der Waals surface area contributed by atoms with E-state index in [9.17, 15) is 39.5 Å². The van der Waals surface area contributed by atoms with Crippen LogP contribution in [-0.4, -0.2) is 115 Å². The summed E-state index contributed by atoms with van der Waals surface area (Å²) in [5, 5.41) is 17.5. The van der Waals surface area contributed by atoms with Gasteiger partial charge in [0.15, 0.2) is 0 Å². The number of fused-ring (bicyclic) bond motifs is 8. The molecule has 1 saturated heterocycles. The first-order valence-corrected chi connectivity index (χ1v) is 47.8. The molecule has 23 nitrogen and oxygen atoms in total. The quantitative estimate of drug-likeness (QED) is 0.0461. The van der Waals surface area contributed by atoms with Crippen molar-refractivity contribution in [2.24, 2.45) is 20.0 Å². The van der Waals surface area contributed by atoms with Crippen molar-refractivity contribution in [3.05, 3.63) is 378 Å². The molecule has 33 heteroatoms. The lowest BCUT2D eigenvalue weighted by atomic mass is 9.93. The van der Waals surface area contributed by atoms with Crippen LogP contribution in [0.5, 0.6) is 5.75 Å². The summed E-state index contributed by atoms with van der Waals surface area (Å²) in [6.07, 6.45) is 5.93. The van der Waals surface area contributed by atoms with Crippen molar-refractivity contribution in [2.75, 3.05) is 41.6 Å². The third-order valence-electron chi connectivity index (χ3n) is 24.5. The average molecular weight is 1990 g/mol. The highest BCUT2D eigenvalue weighted by molar-refractivity contribution is 6.30. The summed E-state index contributed by atoms with van der Waals surface area (Å²) >= 11 is 6.17. The van der Waals surface area contributed by atoms with Crippen LogP contribution in [0.4, 0.5) is 85.0 Å². The summed E-state index contributed by atoms with van der Waals surface area (Å²) in [5.74, 6) is -0.285. The van der Waals surface area contributed by atoms with Gasteiger partial charge in [-0.05, 0) is 309 Å². The minimum absolute atomic E-state index is 0.0230. The summed E-state index contributed by atoms with van der Waals surface area (Å²) < 4.78 is 141. The van der Waals surface area contributed by atoms with Crippen LogP contribution in [0.2, 0.25) is 5.02 Å². The fourth-order valence-electron chi connectivity index (χ4n) is 17.8. The normalized spacial score (nSPS) is 14.7. The van der Waals surface area contributed by atoms with E-state index in [4.69, 9.17) is 61.0 Å². The molecule has 0 radical (unpaired) electrons. The molecule has 1 saturated carbocycles. The van der Waals surface area contributed by atoms with E-state index in [-0.39, 0.29) is 36.0 Å². The Morgan fingerprint density at radius 1 is 0.349 bits per heavy atom. The van der Waals surface area contributed by atoms with Gasteiger partial charge >= 0.3 is 18.7 Å². The fraction of sp³-hybridized carbons (Fsp3) is 0.186. The van der Waals surface area contributed by atoms with Gasteiger partial charge in [-0.1, -0.05) is 60.1 Å². The number of aromatic nitrogens is 12. The van der Waals surface area contributed by atoms with E-state index < -0.39 is 29.8 Å². The number of nitrogens with one attached hydrogen (secondary N) is 4. The number of methoxy groups -OCH3 is 1. The molecule has 10 aliphatic rings. The first-order valence-electron chi connectivity index (χ1n) is 47.4. The van der Waals surface area contributed by atoms with Crippen molar-refractivity contribution in [3.63, 3.8) is 0 Å². The Kier molecular flexibility index (Phi) is 29.1. The number of benzene rings is 12. The molecule has 0 atom stereocenters. The van der Waals surface area contributed by atoms with Gasteiger partial charge in [0, 0.05) is 85.0 Å². The lowest BCUT2D eigenvalue weighted by Crippen LogP contribution is -2.25. The molecule has 2 fully saturated rings. The van der Waals surface area contributed by atoms with Gasteiger partial charge in [0.2, 0.25) is 0 Å². The molecule has 736 valence electrons. The van der Waals surface area contributed by atoms with Gasteiger partial charge in [0.05, 0.1) is 211 Å². The molecule has 0 unspecified atom stereocenters. The molecule has 0 spiro atoms. The van der Waals surface area contributed by atoms with Crippen LogP contribution in [-0.2, 0) is 21.8 Å². The Morgan fingerprint density at radius 2 is 0.644 bits per heavy atom. The third kappa shape index (κ3) is 23.2. The summed E-state index contributed by atoms with van der Waals surface area (Å²) in [6.45, 7) is 9.44. The first-order chi connectivity index (χ1) is 70.7. The number of hydrogen-bond acceptors (Lipinski definition) is 19. The predicted molar refractivity (Wildman–Crippen MR) is 552 cm³/mol. The van der Waals surface area contributed by atoms with Gasteiger partial charge in [-0.25, -0.2) is 19.9 Å². The van der Waals surface area contributed by atoms with Crippen LogP contribution in [0.1, 0.15) is 77.3 Å². The highest BCUT2D eigenvalue weighted by atomic mass is 35.5. The molecular formula is C113H96ClF9N20O3. The van der Waals surface area contributed by atoms with Gasteiger partial charge in [0.25, 0.3) is 0 Å². The van der Waals surface area contributed by atoms with E-state index in [0.29, 0.717) is 57.7 Å². The summed E-state index contributed by atoms with van der Waals surface area (Å²) in [7, 11) is 1.75. The number of halogens is 10. The molecule has 0 amide bonds. The Morgan fingerprint density at radius 3 is 0.938 bits per heavy atom. The highest BCUT2D eigenvalue weighted by Gasteiger charge is 2.34. The standard InChI is InChI=1S/C31H28F3N5O.C29H24F3N5O2.C27H22F3N5.C26H22ClN5/c1-40-24-14-10-21(11-15-24)36-27-18-30-28(17-26(27)37-22-5-4-16-35-19-22)38-25-6-2-3-7-29(25)39(30)23-12-8-20(9-13-23)31(32,33)34;30-29(31,32)39-22-9-7-21(8-10-22)37-27-6-2-1-5-23(27)36-26-16-24(35-20-4-3-13-33-18-20)25(17-28(26)37)34-19-11-14-38-15-12-19;1-17(2)32-23-15-26-24(14-22(23)33-19-6-5-13-31-16-19)34-21-7-3-4-8-25(21)35(26)20-11-9-18(10-12-20)27(28,29)30;1-17(2)29-23-15-26-24(14-22(23)30-19-6-5-13-28-16-19)31-21-7-3-4-8-25(21)32(26)20-11-9-18(27)10-12-20/h2-9,12-13,16-19,21,24,37H,10-11,14-15H2,1H3;1-10,13,16-19,35H,11-12,14-15H2;3-17,33H,1-2H3;3-17,30H,1-2H3. The smallest absolute Gasteiger partial charge is 0.406 e. The van der Waals surface area contributed by atoms with E-state index in [1.807, 2.05) is 228 Å². The Hall–Kier alpha value is -16.6. The number of anilines is 8. The largest absolute Gasteiger partial charge is 0.573 e. The third-order valence-corrected chi connectivity index (χ3v) is 24.7. The maximum Gasteiger partial charge on any atom is 0.573 e. The van der Waals surface area contributed by atoms with Crippen LogP contribution in [0.15, 0.2) is 361 Å². The van der Waals surface area contributed by atoms with Crippen LogP contribution >= 0.6 is 11.6 Å². The summed E-state index contributed by atoms with van der Waals surface area (Å²) in [4.78, 5) is 56.4. The Labute approximate surface area is 837 Å². The van der Waals surface area contributed by atoms with Crippen LogP contribution in [0.25, 0.3) is 112 Å². The number of nitrogens with zero attached hydrogens (tertiary/aromatic N) is 16. The molecule has 22 rings (SSSR count). The maximum atomic E-state index is 13.3. The minimum atomic E-state index is -4.76. The number of alkyl halides is 9. The zero-order valence-electron chi connectivity index (χ0n) is 79.5. The van der Waals surface area contributed by atoms with Crippen LogP contribution in [0.3, 0.4) is 0 Å². The monoisotopic (exact) mass is 1990 g/mol. The van der Waals surface area contributed by atoms with Gasteiger partial charge < -0.3 is 53.7 Å². The molecule has 4 aromatic heterocycles. The SMILES string of the molecule is CC(C)N=c1cc2n(-c3ccc(C(F)(F)F)cc3)c3ccccc3nc-2cc1Nc1cccnc1.CC(C)N=c1cc2n(-c3ccc(Cl)cc3)c3ccccc3nc-2cc1Nc1cccnc1.COC1CCC(N=c2cc3n(-c4ccc(C(F)(F)F)cc4)c4ccccc4nc-3cc2Nc2cccnc2)CC1.FC(F)(F)Oc1ccc(-n2c3cc(=NC4CCOCC4)c(Nc4cccnc4)cc-3nc3ccccc32)cc1. The van der Waals surface area contributed by atoms with Crippen LogP contribution in [0, 0.1) is 0 Å². The number of hydrogen-bond donors (Lipinski definition) is 4. The number of para-hydroxylation sites is 8. The Bertz CT molecular complexity index is 8150. The molecule has 12 aromatic rings. The van der Waals surface area contributed by atoms with E-state index in [1.165, 1.54) is 36.4 Å². The molecule has 8 aromatic carbocycles. The van der Waals surface area contributed by atoms with Crippen molar-refractivity contribution < 1.29 is 53.7 Å². The predicted octanol–water partition coefficient (Wildman–Crippen LogP) is 26.2.